The summed E-state index contributed by atoms with van der Waals surface area (Å²) in [5.74, 6) is 1.37. The first-order chi connectivity index (χ1) is 17.7. The molecular weight excluding hydrogens is 488 g/mol. The Morgan fingerprint density at radius 1 is 0.946 bits per heavy atom. The van der Waals surface area contributed by atoms with Crippen LogP contribution in [0, 0.1) is 13.8 Å². The van der Waals surface area contributed by atoms with Gasteiger partial charge in [0.15, 0.2) is 11.5 Å². The Morgan fingerprint density at radius 2 is 1.65 bits per heavy atom. The molecule has 194 valence electrons. The third-order valence-electron chi connectivity index (χ3n) is 7.37. The number of benzene rings is 3. The zero-order valence-electron chi connectivity index (χ0n) is 21.5. The second kappa shape index (κ2) is 9.84. The highest BCUT2D eigenvalue weighted by atomic mass is 32.2. The largest absolute Gasteiger partial charge is 0.493 e. The van der Waals surface area contributed by atoms with Gasteiger partial charge in [-0.15, -0.1) is 0 Å². The zero-order chi connectivity index (χ0) is 26.3. The van der Waals surface area contributed by atoms with Gasteiger partial charge in [-0.2, -0.15) is 0 Å². The van der Waals surface area contributed by atoms with Crippen molar-refractivity contribution >= 4 is 21.4 Å². The van der Waals surface area contributed by atoms with Gasteiger partial charge in [0.05, 0.1) is 42.7 Å². The van der Waals surface area contributed by atoms with Gasteiger partial charge in [0.1, 0.15) is 0 Å². The van der Waals surface area contributed by atoms with E-state index in [2.05, 4.69) is 4.72 Å². The third-order valence-corrected chi connectivity index (χ3v) is 8.75. The minimum Gasteiger partial charge on any atom is -0.493 e. The molecular formula is C29H32N2O5S. The molecule has 1 aliphatic carbocycles. The number of hydrogen-bond acceptors (Lipinski definition) is 6. The maximum Gasteiger partial charge on any atom is 0.261 e. The number of aryl methyl sites for hydroxylation is 2. The predicted octanol–water partition coefficient (Wildman–Crippen LogP) is 4.97. The molecule has 8 heteroatoms. The molecule has 3 aromatic carbocycles. The minimum absolute atomic E-state index is 0.0593. The maximum atomic E-state index is 12.9. The van der Waals surface area contributed by atoms with Gasteiger partial charge < -0.3 is 14.6 Å². The van der Waals surface area contributed by atoms with Crippen molar-refractivity contribution in [3.8, 4) is 11.5 Å². The first-order valence-corrected chi connectivity index (χ1v) is 13.9. The molecule has 1 saturated carbocycles. The lowest BCUT2D eigenvalue weighted by Gasteiger charge is -2.37. The van der Waals surface area contributed by atoms with E-state index in [-0.39, 0.29) is 23.0 Å². The highest BCUT2D eigenvalue weighted by molar-refractivity contribution is 7.92. The van der Waals surface area contributed by atoms with E-state index in [1.807, 2.05) is 38.1 Å². The normalized spacial score (nSPS) is 20.9. The van der Waals surface area contributed by atoms with E-state index in [1.54, 1.807) is 44.6 Å². The lowest BCUT2D eigenvalue weighted by Crippen LogP contribution is -2.34. The fraction of sp³-hybridized carbons (Fsp3) is 0.345. The van der Waals surface area contributed by atoms with Crippen LogP contribution >= 0.6 is 0 Å². The SMILES string of the molecule is COc1cc2c(cc1OC)C1CC(O)CCC1N=C2c1ccc(NS(=O)(=O)c2ccc(C)cc2)c(C)c1. The number of rotatable bonds is 6. The molecule has 0 radical (unpaired) electrons. The van der Waals surface area contributed by atoms with Crippen LogP contribution in [0.5, 0.6) is 11.5 Å². The number of nitrogens with zero attached hydrogens (tertiary/aromatic N) is 1. The van der Waals surface area contributed by atoms with E-state index in [9.17, 15) is 13.5 Å². The average Bonchev–Trinajstić information content (AvgIpc) is 2.88. The molecule has 3 atom stereocenters. The fourth-order valence-electron chi connectivity index (χ4n) is 5.34. The molecule has 3 aromatic rings. The molecule has 2 N–H and O–H groups in total. The Balaban J connectivity index is 1.53. The van der Waals surface area contributed by atoms with Gasteiger partial charge >= 0.3 is 0 Å². The van der Waals surface area contributed by atoms with E-state index in [1.165, 1.54) is 0 Å². The van der Waals surface area contributed by atoms with Gasteiger partial charge in [-0.1, -0.05) is 23.8 Å². The summed E-state index contributed by atoms with van der Waals surface area (Å²) in [5.41, 5.74) is 6.08. The van der Waals surface area contributed by atoms with Crippen molar-refractivity contribution in [3.63, 3.8) is 0 Å². The van der Waals surface area contributed by atoms with Crippen LogP contribution < -0.4 is 14.2 Å². The predicted molar refractivity (Wildman–Crippen MR) is 145 cm³/mol. The molecule has 0 spiro atoms. The quantitative estimate of drug-likeness (QED) is 0.478. The number of fused-ring (bicyclic) bond motifs is 3. The fourth-order valence-corrected chi connectivity index (χ4v) is 6.47. The van der Waals surface area contributed by atoms with Crippen LogP contribution in [0.3, 0.4) is 0 Å². The summed E-state index contributed by atoms with van der Waals surface area (Å²) in [6.45, 7) is 3.80. The number of aliphatic hydroxyl groups excluding tert-OH is 1. The molecule has 7 nitrogen and oxygen atoms in total. The average molecular weight is 521 g/mol. The molecule has 0 amide bonds. The standard InChI is InChI=1S/C29H32N2O5S/c1-17-5-9-21(10-6-17)37(33,34)31-25-11-7-19(13-18(25)2)29-24-16-28(36-4)27(35-3)15-22(24)23-14-20(32)8-12-26(23)30-29/h5-7,9-11,13,15-16,20,23,26,31-32H,8,12,14H2,1-4H3. The molecule has 1 heterocycles. The van der Waals surface area contributed by atoms with Gasteiger partial charge in [-0.05, 0) is 80.6 Å². The molecule has 1 fully saturated rings. The van der Waals surface area contributed by atoms with Crippen LogP contribution in [0.25, 0.3) is 0 Å². The number of aliphatic imine (C=N–C) groups is 1. The summed E-state index contributed by atoms with van der Waals surface area (Å²) >= 11 is 0. The summed E-state index contributed by atoms with van der Waals surface area (Å²) in [5, 5.41) is 10.4. The maximum absolute atomic E-state index is 12.9. The van der Waals surface area contributed by atoms with Crippen molar-refractivity contribution in [1.29, 1.82) is 0 Å². The Labute approximate surface area is 218 Å². The molecule has 0 saturated heterocycles. The monoisotopic (exact) mass is 520 g/mol. The second-order valence-electron chi connectivity index (χ2n) is 9.86. The van der Waals surface area contributed by atoms with Gasteiger partial charge in [0.25, 0.3) is 10.0 Å². The lowest BCUT2D eigenvalue weighted by atomic mass is 9.74. The Morgan fingerprint density at radius 3 is 2.32 bits per heavy atom. The van der Waals surface area contributed by atoms with Gasteiger partial charge in [0, 0.05) is 17.0 Å². The smallest absolute Gasteiger partial charge is 0.261 e. The van der Waals surface area contributed by atoms with Crippen LogP contribution in [0.15, 0.2) is 64.5 Å². The molecule has 2 aliphatic rings. The van der Waals surface area contributed by atoms with Crippen LogP contribution in [0.4, 0.5) is 5.69 Å². The van der Waals surface area contributed by atoms with Crippen molar-refractivity contribution in [3.05, 3.63) is 82.4 Å². The highest BCUT2D eigenvalue weighted by Gasteiger charge is 2.37. The summed E-state index contributed by atoms with van der Waals surface area (Å²) in [7, 11) is -0.484. The first kappa shape index (κ1) is 25.3. The Hall–Kier alpha value is -3.36. The Kier molecular flexibility index (Phi) is 6.72. The van der Waals surface area contributed by atoms with E-state index in [4.69, 9.17) is 14.5 Å². The van der Waals surface area contributed by atoms with Crippen LogP contribution in [-0.4, -0.2) is 45.6 Å². The Bertz CT molecular complexity index is 1460. The lowest BCUT2D eigenvalue weighted by molar-refractivity contribution is 0.111. The highest BCUT2D eigenvalue weighted by Crippen LogP contribution is 2.45. The minimum atomic E-state index is -3.71. The molecule has 3 unspecified atom stereocenters. The number of aliphatic hydroxyl groups is 1. The summed E-state index contributed by atoms with van der Waals surface area (Å²) in [6, 6.07) is 16.4. The van der Waals surface area contributed by atoms with Gasteiger partial charge in [-0.3, -0.25) is 9.71 Å². The van der Waals surface area contributed by atoms with Gasteiger partial charge in [-0.25, -0.2) is 8.42 Å². The van der Waals surface area contributed by atoms with Crippen molar-refractivity contribution in [1.82, 2.24) is 0 Å². The van der Waals surface area contributed by atoms with Crippen molar-refractivity contribution in [2.24, 2.45) is 4.99 Å². The topological polar surface area (TPSA) is 97.2 Å². The first-order valence-electron chi connectivity index (χ1n) is 12.4. The number of anilines is 1. The van der Waals surface area contributed by atoms with Crippen LogP contribution in [-0.2, 0) is 10.0 Å². The number of nitrogens with one attached hydrogen (secondary N) is 1. The van der Waals surface area contributed by atoms with Crippen molar-refractivity contribution < 1.29 is 23.0 Å². The van der Waals surface area contributed by atoms with E-state index in [0.717, 1.165) is 46.4 Å². The molecule has 5 rings (SSSR count). The van der Waals surface area contributed by atoms with Crippen LogP contribution in [0.1, 0.15) is 53.0 Å². The van der Waals surface area contributed by atoms with Crippen LogP contribution in [0.2, 0.25) is 0 Å². The number of hydrogen-bond donors (Lipinski definition) is 2. The number of methoxy groups -OCH3 is 2. The number of ether oxygens (including phenoxy) is 2. The zero-order valence-corrected chi connectivity index (χ0v) is 22.3. The summed E-state index contributed by atoms with van der Waals surface area (Å²) in [4.78, 5) is 5.37. The third kappa shape index (κ3) is 4.83. The molecule has 0 bridgehead atoms. The van der Waals surface area contributed by atoms with E-state index >= 15 is 0 Å². The van der Waals surface area contributed by atoms with Crippen molar-refractivity contribution in [2.75, 3.05) is 18.9 Å². The van der Waals surface area contributed by atoms with Gasteiger partial charge in [0.2, 0.25) is 0 Å². The molecule has 1 aliphatic heterocycles. The van der Waals surface area contributed by atoms with E-state index < -0.39 is 10.0 Å². The van der Waals surface area contributed by atoms with E-state index in [0.29, 0.717) is 23.6 Å². The summed E-state index contributed by atoms with van der Waals surface area (Å²) in [6.07, 6.45) is 1.83. The van der Waals surface area contributed by atoms with Crippen molar-refractivity contribution in [2.45, 2.75) is 56.1 Å². The molecule has 37 heavy (non-hydrogen) atoms. The molecule has 0 aromatic heterocycles. The number of sulfonamides is 1. The summed E-state index contributed by atoms with van der Waals surface area (Å²) < 4.78 is 39.8. The second-order valence-corrected chi connectivity index (χ2v) is 11.5.